The van der Waals surface area contributed by atoms with Crippen molar-refractivity contribution in [2.75, 3.05) is 26.2 Å². The van der Waals surface area contributed by atoms with Gasteiger partial charge in [0.15, 0.2) is 0 Å². The Morgan fingerprint density at radius 2 is 1.55 bits per heavy atom. The quantitative estimate of drug-likeness (QED) is 0.612. The Balaban J connectivity index is 1.49. The van der Waals surface area contributed by atoms with Gasteiger partial charge in [0.1, 0.15) is 28.0 Å². The molecular weight excluding hydrogens is 433 g/mol. The van der Waals surface area contributed by atoms with Gasteiger partial charge < -0.3 is 4.90 Å². The highest BCUT2D eigenvalue weighted by Crippen LogP contribution is 2.22. The van der Waals surface area contributed by atoms with Crippen LogP contribution in [-0.2, 0) is 10.0 Å². The van der Waals surface area contributed by atoms with E-state index in [1.165, 1.54) is 46.3 Å². The minimum Gasteiger partial charge on any atom is -0.335 e. The molecule has 0 spiro atoms. The van der Waals surface area contributed by atoms with Crippen LogP contribution in [0.2, 0.25) is 0 Å². The van der Waals surface area contributed by atoms with E-state index >= 15 is 0 Å². The van der Waals surface area contributed by atoms with Crippen molar-refractivity contribution in [2.24, 2.45) is 0 Å². The highest BCUT2D eigenvalue weighted by atomic mass is 32.2. The van der Waals surface area contributed by atoms with Gasteiger partial charge in [0.05, 0.1) is 12.5 Å². The van der Waals surface area contributed by atoms with Crippen LogP contribution in [0.25, 0.3) is 5.69 Å². The first-order chi connectivity index (χ1) is 14.8. The lowest BCUT2D eigenvalue weighted by atomic mass is 10.2. The van der Waals surface area contributed by atoms with Crippen LogP contribution in [0.3, 0.4) is 0 Å². The second-order valence-electron chi connectivity index (χ2n) is 6.90. The molecule has 0 aliphatic carbocycles. The molecule has 1 saturated heterocycles. The molecular formula is C20H17F3N4O3S. The number of piperazine rings is 1. The third-order valence-corrected chi connectivity index (χ3v) is 6.93. The van der Waals surface area contributed by atoms with Crippen molar-refractivity contribution in [2.45, 2.75) is 4.90 Å². The SMILES string of the molecule is O=C(c1cncn1-c1ccc(F)cc1)N1CCN(S(=O)(=O)c2ccc(F)cc2F)CC1. The molecule has 3 aromatic rings. The maximum absolute atomic E-state index is 14.0. The summed E-state index contributed by atoms with van der Waals surface area (Å²) in [4.78, 5) is 17.8. The van der Waals surface area contributed by atoms with E-state index in [1.54, 1.807) is 0 Å². The largest absolute Gasteiger partial charge is 0.335 e. The van der Waals surface area contributed by atoms with Crippen LogP contribution in [0.4, 0.5) is 13.2 Å². The minimum absolute atomic E-state index is 0.0461. The molecule has 0 bridgehead atoms. The van der Waals surface area contributed by atoms with Crippen molar-refractivity contribution in [1.82, 2.24) is 18.8 Å². The van der Waals surface area contributed by atoms with Gasteiger partial charge in [-0.15, -0.1) is 0 Å². The highest BCUT2D eigenvalue weighted by molar-refractivity contribution is 7.89. The van der Waals surface area contributed by atoms with E-state index in [9.17, 15) is 26.4 Å². The van der Waals surface area contributed by atoms with Crippen LogP contribution < -0.4 is 0 Å². The summed E-state index contributed by atoms with van der Waals surface area (Å²) in [5.74, 6) is -2.81. The predicted molar refractivity (Wildman–Crippen MR) is 105 cm³/mol. The maximum Gasteiger partial charge on any atom is 0.272 e. The normalized spacial score (nSPS) is 15.3. The minimum atomic E-state index is -4.17. The topological polar surface area (TPSA) is 75.5 Å². The molecule has 7 nitrogen and oxygen atoms in total. The number of aromatic nitrogens is 2. The third kappa shape index (κ3) is 4.06. The molecule has 4 rings (SSSR count). The second-order valence-corrected chi connectivity index (χ2v) is 8.80. The van der Waals surface area contributed by atoms with Crippen LogP contribution in [-0.4, -0.2) is 59.3 Å². The molecule has 1 aliphatic heterocycles. The van der Waals surface area contributed by atoms with E-state index < -0.39 is 32.4 Å². The zero-order valence-corrected chi connectivity index (χ0v) is 16.9. The van der Waals surface area contributed by atoms with Gasteiger partial charge in [-0.05, 0) is 36.4 Å². The standard InChI is InChI=1S/C20H17F3N4O3S/c21-14-1-4-16(5-2-14)27-13-24-12-18(27)20(28)25-7-9-26(10-8-25)31(29,30)19-6-3-15(22)11-17(19)23/h1-6,11-13H,7-10H2. The van der Waals surface area contributed by atoms with E-state index in [1.807, 2.05) is 0 Å². The Bertz CT molecular complexity index is 1220. The second kappa shape index (κ2) is 8.16. The molecule has 0 saturated carbocycles. The highest BCUT2D eigenvalue weighted by Gasteiger charge is 2.33. The zero-order chi connectivity index (χ0) is 22.2. The average molecular weight is 450 g/mol. The molecule has 2 heterocycles. The Kier molecular flexibility index (Phi) is 5.54. The zero-order valence-electron chi connectivity index (χ0n) is 16.1. The third-order valence-electron chi connectivity index (χ3n) is 5.00. The number of rotatable bonds is 4. The van der Waals surface area contributed by atoms with E-state index in [-0.39, 0.29) is 37.8 Å². The van der Waals surface area contributed by atoms with Crippen molar-refractivity contribution >= 4 is 15.9 Å². The fraction of sp³-hybridized carbons (Fsp3) is 0.200. The van der Waals surface area contributed by atoms with Gasteiger partial charge in [-0.2, -0.15) is 4.31 Å². The van der Waals surface area contributed by atoms with Crippen LogP contribution in [0.5, 0.6) is 0 Å². The van der Waals surface area contributed by atoms with Crippen LogP contribution in [0.15, 0.2) is 59.9 Å². The molecule has 0 unspecified atom stereocenters. The van der Waals surface area contributed by atoms with Gasteiger partial charge in [-0.25, -0.2) is 26.6 Å². The molecule has 1 fully saturated rings. The summed E-state index contributed by atoms with van der Waals surface area (Å²) in [6, 6.07) is 7.84. The fourth-order valence-corrected chi connectivity index (χ4v) is 4.85. The van der Waals surface area contributed by atoms with Crippen LogP contribution in [0.1, 0.15) is 10.5 Å². The van der Waals surface area contributed by atoms with Crippen LogP contribution >= 0.6 is 0 Å². The number of carbonyl (C=O) groups is 1. The van der Waals surface area contributed by atoms with Crippen molar-refractivity contribution in [3.8, 4) is 5.69 Å². The lowest BCUT2D eigenvalue weighted by Gasteiger charge is -2.34. The monoisotopic (exact) mass is 450 g/mol. The number of sulfonamides is 1. The van der Waals surface area contributed by atoms with Crippen molar-refractivity contribution < 1.29 is 26.4 Å². The molecule has 162 valence electrons. The summed E-state index contributed by atoms with van der Waals surface area (Å²) in [5.41, 5.74) is 0.794. The summed E-state index contributed by atoms with van der Waals surface area (Å²) in [6.07, 6.45) is 2.81. The summed E-state index contributed by atoms with van der Waals surface area (Å²) in [5, 5.41) is 0. The fourth-order valence-electron chi connectivity index (χ4n) is 3.38. The Morgan fingerprint density at radius 3 is 2.19 bits per heavy atom. The smallest absolute Gasteiger partial charge is 0.272 e. The number of benzene rings is 2. The number of amides is 1. The van der Waals surface area contributed by atoms with Gasteiger partial charge in [-0.1, -0.05) is 0 Å². The van der Waals surface area contributed by atoms with Gasteiger partial charge in [-0.3, -0.25) is 9.36 Å². The summed E-state index contributed by atoms with van der Waals surface area (Å²) in [6.45, 7) is 0.0656. The Hall–Kier alpha value is -3.18. The van der Waals surface area contributed by atoms with Gasteiger partial charge in [0.2, 0.25) is 10.0 Å². The molecule has 2 aromatic carbocycles. The van der Waals surface area contributed by atoms with Crippen molar-refractivity contribution in [3.05, 3.63) is 78.1 Å². The number of halogens is 3. The lowest BCUT2D eigenvalue weighted by Crippen LogP contribution is -2.50. The van der Waals surface area contributed by atoms with Gasteiger partial charge in [0.25, 0.3) is 5.91 Å². The summed E-state index contributed by atoms with van der Waals surface area (Å²) >= 11 is 0. The lowest BCUT2D eigenvalue weighted by molar-refractivity contribution is 0.0689. The van der Waals surface area contributed by atoms with Crippen molar-refractivity contribution in [3.63, 3.8) is 0 Å². The van der Waals surface area contributed by atoms with E-state index in [2.05, 4.69) is 4.98 Å². The summed E-state index contributed by atoms with van der Waals surface area (Å²) in [7, 11) is -4.17. The first-order valence-corrected chi connectivity index (χ1v) is 10.7. The molecule has 11 heteroatoms. The van der Waals surface area contributed by atoms with Crippen LogP contribution in [0, 0.1) is 17.5 Å². The number of imidazole rings is 1. The number of carbonyl (C=O) groups excluding carboxylic acids is 1. The molecule has 0 atom stereocenters. The molecule has 0 radical (unpaired) electrons. The maximum atomic E-state index is 14.0. The Labute approximate surface area is 176 Å². The van der Waals surface area contributed by atoms with Gasteiger partial charge in [0, 0.05) is 37.9 Å². The molecule has 1 aromatic heterocycles. The van der Waals surface area contributed by atoms with E-state index in [4.69, 9.17) is 0 Å². The van der Waals surface area contributed by atoms with Gasteiger partial charge >= 0.3 is 0 Å². The number of hydrogen-bond donors (Lipinski definition) is 0. The van der Waals surface area contributed by atoms with Crippen molar-refractivity contribution in [1.29, 1.82) is 0 Å². The number of nitrogens with zero attached hydrogens (tertiary/aromatic N) is 4. The number of hydrogen-bond acceptors (Lipinski definition) is 4. The molecule has 1 amide bonds. The first-order valence-electron chi connectivity index (χ1n) is 9.30. The van der Waals surface area contributed by atoms with E-state index in [0.29, 0.717) is 11.8 Å². The molecule has 31 heavy (non-hydrogen) atoms. The summed E-state index contributed by atoms with van der Waals surface area (Å²) < 4.78 is 68.3. The molecule has 1 aliphatic rings. The first kappa shape index (κ1) is 21.1. The molecule has 0 N–H and O–H groups in total. The predicted octanol–water partition coefficient (Wildman–Crippen LogP) is 2.44. The average Bonchev–Trinajstić information content (AvgIpc) is 3.23. The van der Waals surface area contributed by atoms with E-state index in [0.717, 1.165) is 16.4 Å². The Morgan fingerprint density at radius 1 is 0.903 bits per heavy atom.